The monoisotopic (exact) mass is 500 g/mol. The Balaban J connectivity index is 1.34. The molecule has 10 heteroatoms. The predicted octanol–water partition coefficient (Wildman–Crippen LogP) is 3.25. The van der Waals surface area contributed by atoms with Gasteiger partial charge in [-0.1, -0.05) is 41.9 Å². The fourth-order valence-corrected chi connectivity index (χ4v) is 5.46. The van der Waals surface area contributed by atoms with Crippen LogP contribution >= 0.6 is 11.6 Å². The second-order valence-corrected chi connectivity index (χ2v) is 10.1. The highest BCUT2D eigenvalue weighted by Gasteiger charge is 2.38. The topological polar surface area (TPSA) is 94.2 Å². The van der Waals surface area contributed by atoms with Crippen LogP contribution in [0.1, 0.15) is 0 Å². The molecule has 0 saturated carbocycles. The molecule has 3 aromatic rings. The number of halogens is 1. The van der Waals surface area contributed by atoms with Crippen LogP contribution in [0.3, 0.4) is 0 Å². The fourth-order valence-electron chi connectivity index (χ4n) is 3.80. The van der Waals surface area contributed by atoms with Crippen molar-refractivity contribution in [1.82, 2.24) is 5.32 Å². The Bertz CT molecular complexity index is 1320. The number of hydrogen-bond donors (Lipinski definition) is 1. The summed E-state index contributed by atoms with van der Waals surface area (Å²) in [6, 6.07) is 20.0. The molecule has 0 spiro atoms. The molecule has 2 atom stereocenters. The number of para-hydroxylation sites is 2. The van der Waals surface area contributed by atoms with Gasteiger partial charge in [-0.2, -0.15) is 0 Å². The average Bonchev–Trinajstić information content (AvgIpc) is 2.87. The van der Waals surface area contributed by atoms with Crippen molar-refractivity contribution in [2.45, 2.75) is 17.1 Å². The van der Waals surface area contributed by atoms with Crippen LogP contribution in [0, 0.1) is 0 Å². The van der Waals surface area contributed by atoms with E-state index in [1.54, 1.807) is 36.4 Å². The second-order valence-electron chi connectivity index (χ2n) is 7.81. The fraction of sp³-hybridized carbons (Fsp3) is 0.208. The first-order valence-electron chi connectivity index (χ1n) is 10.6. The van der Waals surface area contributed by atoms with E-state index in [-0.39, 0.29) is 36.0 Å². The Hall–Kier alpha value is -3.43. The van der Waals surface area contributed by atoms with Gasteiger partial charge in [0.1, 0.15) is 18.5 Å². The SMILES string of the molecule is O=C(NCC1COc2ccccc2O1)C1CN(S(=O)(=O)c2ccccc2)c2cc(Cl)ccc2O1. The van der Waals surface area contributed by atoms with Gasteiger partial charge in [0.2, 0.25) is 0 Å². The minimum atomic E-state index is -3.96. The minimum Gasteiger partial charge on any atom is -0.486 e. The molecule has 8 nitrogen and oxygen atoms in total. The number of rotatable bonds is 5. The number of benzene rings is 3. The van der Waals surface area contributed by atoms with Gasteiger partial charge in [0, 0.05) is 5.02 Å². The van der Waals surface area contributed by atoms with Crippen molar-refractivity contribution < 1.29 is 27.4 Å². The average molecular weight is 501 g/mol. The number of ether oxygens (including phenoxy) is 3. The molecule has 1 N–H and O–H groups in total. The van der Waals surface area contributed by atoms with Crippen LogP contribution in [0.5, 0.6) is 17.2 Å². The Morgan fingerprint density at radius 2 is 1.71 bits per heavy atom. The molecule has 2 unspecified atom stereocenters. The molecule has 0 aliphatic carbocycles. The first-order valence-corrected chi connectivity index (χ1v) is 12.4. The third kappa shape index (κ3) is 4.36. The molecular formula is C24H21ClN2O6S. The summed E-state index contributed by atoms with van der Waals surface area (Å²) in [5.41, 5.74) is 0.279. The molecule has 0 radical (unpaired) electrons. The lowest BCUT2D eigenvalue weighted by Crippen LogP contribution is -2.52. The van der Waals surface area contributed by atoms with E-state index in [1.165, 1.54) is 18.2 Å². The molecule has 176 valence electrons. The molecule has 5 rings (SSSR count). The van der Waals surface area contributed by atoms with Crippen molar-refractivity contribution in [3.8, 4) is 17.2 Å². The maximum Gasteiger partial charge on any atom is 0.264 e. The number of anilines is 1. The zero-order chi connectivity index (χ0) is 23.7. The summed E-state index contributed by atoms with van der Waals surface area (Å²) < 4.78 is 45.4. The van der Waals surface area contributed by atoms with Gasteiger partial charge >= 0.3 is 0 Å². The van der Waals surface area contributed by atoms with Gasteiger partial charge < -0.3 is 19.5 Å². The Morgan fingerprint density at radius 1 is 0.971 bits per heavy atom. The number of nitrogens with zero attached hydrogens (tertiary/aromatic N) is 1. The molecule has 0 fully saturated rings. The standard InChI is InChI=1S/C24H21ClN2O6S/c25-16-10-11-20-19(12-16)27(34(29,30)18-6-2-1-3-7-18)14-23(33-20)24(28)26-13-17-15-31-21-8-4-5-9-22(21)32-17/h1-12,17,23H,13-15H2,(H,26,28). The van der Waals surface area contributed by atoms with Crippen molar-refractivity contribution in [3.63, 3.8) is 0 Å². The normalized spacial score (nSPS) is 19.0. The molecule has 0 bridgehead atoms. The molecular weight excluding hydrogens is 480 g/mol. The van der Waals surface area contributed by atoms with Gasteiger partial charge in [-0.25, -0.2) is 8.42 Å². The van der Waals surface area contributed by atoms with E-state index in [1.807, 2.05) is 18.2 Å². The van der Waals surface area contributed by atoms with Gasteiger partial charge in [0.25, 0.3) is 15.9 Å². The van der Waals surface area contributed by atoms with E-state index in [4.69, 9.17) is 25.8 Å². The predicted molar refractivity (Wildman–Crippen MR) is 126 cm³/mol. The zero-order valence-corrected chi connectivity index (χ0v) is 19.5. The summed E-state index contributed by atoms with van der Waals surface area (Å²) in [5.74, 6) is 1.04. The van der Waals surface area contributed by atoms with Gasteiger partial charge in [-0.15, -0.1) is 0 Å². The van der Waals surface area contributed by atoms with Crippen LogP contribution in [0.15, 0.2) is 77.7 Å². The highest BCUT2D eigenvalue weighted by molar-refractivity contribution is 7.92. The van der Waals surface area contributed by atoms with Gasteiger partial charge in [0.05, 0.1) is 23.7 Å². The second kappa shape index (κ2) is 9.08. The number of carbonyl (C=O) groups is 1. The molecule has 2 aliphatic heterocycles. The van der Waals surface area contributed by atoms with Crippen LogP contribution < -0.4 is 23.8 Å². The maximum atomic E-state index is 13.4. The Morgan fingerprint density at radius 3 is 2.50 bits per heavy atom. The highest BCUT2D eigenvalue weighted by atomic mass is 35.5. The lowest BCUT2D eigenvalue weighted by atomic mass is 10.2. The number of nitrogens with one attached hydrogen (secondary N) is 1. The number of carbonyl (C=O) groups excluding carboxylic acids is 1. The van der Waals surface area contributed by atoms with Gasteiger partial charge in [-0.3, -0.25) is 9.10 Å². The van der Waals surface area contributed by atoms with Crippen molar-refractivity contribution >= 4 is 33.2 Å². The molecule has 2 heterocycles. The quantitative estimate of drug-likeness (QED) is 0.578. The number of hydrogen-bond acceptors (Lipinski definition) is 6. The summed E-state index contributed by atoms with van der Waals surface area (Å²) in [5, 5.41) is 3.15. The third-order valence-electron chi connectivity index (χ3n) is 5.49. The van der Waals surface area contributed by atoms with Gasteiger partial charge in [0.15, 0.2) is 17.6 Å². The van der Waals surface area contributed by atoms with Crippen LogP contribution in [-0.2, 0) is 14.8 Å². The van der Waals surface area contributed by atoms with Crippen LogP contribution in [0.4, 0.5) is 5.69 Å². The molecule has 1 amide bonds. The number of amides is 1. The van der Waals surface area contributed by atoms with E-state index < -0.39 is 28.1 Å². The van der Waals surface area contributed by atoms with E-state index in [9.17, 15) is 13.2 Å². The third-order valence-corrected chi connectivity index (χ3v) is 7.51. The van der Waals surface area contributed by atoms with Crippen LogP contribution in [0.25, 0.3) is 0 Å². The molecule has 0 aromatic heterocycles. The Labute approximate surface area is 202 Å². The van der Waals surface area contributed by atoms with Crippen molar-refractivity contribution in [1.29, 1.82) is 0 Å². The Kier molecular flexibility index (Phi) is 5.97. The van der Waals surface area contributed by atoms with Gasteiger partial charge in [-0.05, 0) is 42.5 Å². The zero-order valence-electron chi connectivity index (χ0n) is 17.9. The minimum absolute atomic E-state index is 0.105. The molecule has 34 heavy (non-hydrogen) atoms. The summed E-state index contributed by atoms with van der Waals surface area (Å²) in [4.78, 5) is 13.1. The maximum absolute atomic E-state index is 13.4. The summed E-state index contributed by atoms with van der Waals surface area (Å²) >= 11 is 6.13. The smallest absolute Gasteiger partial charge is 0.264 e. The molecule has 0 saturated heterocycles. The van der Waals surface area contributed by atoms with Crippen molar-refractivity contribution in [2.75, 3.05) is 24.0 Å². The van der Waals surface area contributed by atoms with E-state index in [0.29, 0.717) is 16.5 Å². The van der Waals surface area contributed by atoms with Crippen LogP contribution in [-0.4, -0.2) is 46.2 Å². The first kappa shape index (κ1) is 22.4. The van der Waals surface area contributed by atoms with Crippen molar-refractivity contribution in [3.05, 3.63) is 77.8 Å². The van der Waals surface area contributed by atoms with Crippen LogP contribution in [0.2, 0.25) is 5.02 Å². The molecule has 3 aromatic carbocycles. The lowest BCUT2D eigenvalue weighted by Gasteiger charge is -2.35. The summed E-state index contributed by atoms with van der Waals surface area (Å²) in [6.07, 6.45) is -1.46. The van der Waals surface area contributed by atoms with E-state index >= 15 is 0 Å². The first-order chi connectivity index (χ1) is 16.4. The van der Waals surface area contributed by atoms with E-state index in [0.717, 1.165) is 4.31 Å². The van der Waals surface area contributed by atoms with Crippen molar-refractivity contribution in [2.24, 2.45) is 0 Å². The van der Waals surface area contributed by atoms with E-state index in [2.05, 4.69) is 5.32 Å². The number of fused-ring (bicyclic) bond motifs is 2. The summed E-state index contributed by atoms with van der Waals surface area (Å²) in [6.45, 7) is 0.242. The molecule has 2 aliphatic rings. The number of sulfonamides is 1. The highest BCUT2D eigenvalue weighted by Crippen LogP contribution is 2.39. The summed E-state index contributed by atoms with van der Waals surface area (Å²) in [7, 11) is -3.96. The lowest BCUT2D eigenvalue weighted by molar-refractivity contribution is -0.128. The largest absolute Gasteiger partial charge is 0.486 e.